The summed E-state index contributed by atoms with van der Waals surface area (Å²) in [7, 11) is 0. The van der Waals surface area contributed by atoms with E-state index in [0.717, 1.165) is 16.6 Å². The van der Waals surface area contributed by atoms with E-state index < -0.39 is 5.97 Å². The maximum absolute atomic E-state index is 11.2. The van der Waals surface area contributed by atoms with Crippen molar-refractivity contribution in [1.82, 2.24) is 9.97 Å². The fraction of sp³-hybridized carbons (Fsp3) is 0. The highest BCUT2D eigenvalue weighted by molar-refractivity contribution is 5.97. The van der Waals surface area contributed by atoms with Gasteiger partial charge in [-0.15, -0.1) is 0 Å². The standard InChI is InChI=1S/C14H10N2O2/c17-14(18)11-8-15-6-5-10(11)13-7-9-3-1-2-4-12(9)16-13/h1-8,16H,(H,17,18). The minimum Gasteiger partial charge on any atom is -0.478 e. The number of benzene rings is 1. The van der Waals surface area contributed by atoms with E-state index in [0.29, 0.717) is 5.56 Å². The quantitative estimate of drug-likeness (QED) is 0.721. The van der Waals surface area contributed by atoms with Crippen LogP contribution in [-0.4, -0.2) is 21.0 Å². The Hall–Kier alpha value is -2.62. The summed E-state index contributed by atoms with van der Waals surface area (Å²) in [6.45, 7) is 0. The molecule has 0 aliphatic heterocycles. The molecule has 0 atom stereocenters. The van der Waals surface area contributed by atoms with Gasteiger partial charge in [-0.25, -0.2) is 4.79 Å². The fourth-order valence-electron chi connectivity index (χ4n) is 2.02. The number of carboxylic acid groups (broad SMARTS) is 1. The monoisotopic (exact) mass is 238 g/mol. The van der Waals surface area contributed by atoms with Crippen molar-refractivity contribution in [3.8, 4) is 11.3 Å². The second kappa shape index (κ2) is 4.00. The number of hydrogen-bond donors (Lipinski definition) is 2. The summed E-state index contributed by atoms with van der Waals surface area (Å²) < 4.78 is 0. The van der Waals surface area contributed by atoms with Crippen molar-refractivity contribution in [1.29, 1.82) is 0 Å². The van der Waals surface area contributed by atoms with Crippen molar-refractivity contribution in [2.45, 2.75) is 0 Å². The summed E-state index contributed by atoms with van der Waals surface area (Å²) in [5.41, 5.74) is 2.62. The summed E-state index contributed by atoms with van der Waals surface area (Å²) >= 11 is 0. The molecule has 2 heterocycles. The van der Waals surface area contributed by atoms with Crippen molar-refractivity contribution in [3.63, 3.8) is 0 Å². The number of nitrogens with one attached hydrogen (secondary N) is 1. The largest absolute Gasteiger partial charge is 0.478 e. The number of H-pyrrole nitrogens is 1. The highest BCUT2D eigenvalue weighted by atomic mass is 16.4. The maximum Gasteiger partial charge on any atom is 0.337 e. The number of aromatic carboxylic acids is 1. The SMILES string of the molecule is O=C(O)c1cnccc1-c1cc2ccccc2[nH]1. The van der Waals surface area contributed by atoms with Gasteiger partial charge in [0.25, 0.3) is 0 Å². The molecule has 2 N–H and O–H groups in total. The normalized spacial score (nSPS) is 10.7. The number of para-hydroxylation sites is 1. The number of carbonyl (C=O) groups is 1. The third-order valence-corrected chi connectivity index (χ3v) is 2.87. The van der Waals surface area contributed by atoms with Crippen LogP contribution in [0.3, 0.4) is 0 Å². The van der Waals surface area contributed by atoms with Gasteiger partial charge in [0, 0.05) is 34.6 Å². The van der Waals surface area contributed by atoms with Gasteiger partial charge in [0.15, 0.2) is 0 Å². The molecular weight excluding hydrogens is 228 g/mol. The number of hydrogen-bond acceptors (Lipinski definition) is 2. The van der Waals surface area contributed by atoms with Gasteiger partial charge in [-0.3, -0.25) is 4.98 Å². The molecule has 0 radical (unpaired) electrons. The number of nitrogens with zero attached hydrogens (tertiary/aromatic N) is 1. The summed E-state index contributed by atoms with van der Waals surface area (Å²) in [5, 5.41) is 10.2. The molecule has 0 unspecified atom stereocenters. The molecule has 0 spiro atoms. The Morgan fingerprint density at radius 2 is 2.06 bits per heavy atom. The Balaban J connectivity index is 2.23. The summed E-state index contributed by atoms with van der Waals surface area (Å²) in [5.74, 6) is -0.975. The predicted molar refractivity (Wildman–Crippen MR) is 68.5 cm³/mol. The maximum atomic E-state index is 11.2. The molecule has 0 saturated carbocycles. The van der Waals surface area contributed by atoms with E-state index in [9.17, 15) is 4.79 Å². The molecular formula is C14H10N2O2. The van der Waals surface area contributed by atoms with Crippen LogP contribution in [-0.2, 0) is 0 Å². The molecule has 0 saturated heterocycles. The Morgan fingerprint density at radius 3 is 2.83 bits per heavy atom. The number of carboxylic acids is 1. The van der Waals surface area contributed by atoms with Gasteiger partial charge >= 0.3 is 5.97 Å². The number of rotatable bonds is 2. The lowest BCUT2D eigenvalue weighted by atomic mass is 10.1. The number of aromatic amines is 1. The topological polar surface area (TPSA) is 66.0 Å². The smallest absolute Gasteiger partial charge is 0.337 e. The van der Waals surface area contributed by atoms with E-state index in [1.807, 2.05) is 30.3 Å². The first kappa shape index (κ1) is 10.5. The third-order valence-electron chi connectivity index (χ3n) is 2.87. The zero-order valence-electron chi connectivity index (χ0n) is 9.42. The highest BCUT2D eigenvalue weighted by Crippen LogP contribution is 2.26. The Morgan fingerprint density at radius 1 is 1.22 bits per heavy atom. The van der Waals surface area contributed by atoms with Crippen molar-refractivity contribution < 1.29 is 9.90 Å². The van der Waals surface area contributed by atoms with Crippen molar-refractivity contribution >= 4 is 16.9 Å². The molecule has 4 nitrogen and oxygen atoms in total. The van der Waals surface area contributed by atoms with E-state index in [4.69, 9.17) is 5.11 Å². The van der Waals surface area contributed by atoms with E-state index in [1.165, 1.54) is 6.20 Å². The molecule has 88 valence electrons. The molecule has 0 fully saturated rings. The van der Waals surface area contributed by atoms with Gasteiger partial charge in [0.05, 0.1) is 5.56 Å². The Bertz CT molecular complexity index is 698. The second-order valence-corrected chi connectivity index (χ2v) is 4.00. The van der Waals surface area contributed by atoms with Crippen LogP contribution in [0.15, 0.2) is 48.8 Å². The first-order valence-corrected chi connectivity index (χ1v) is 5.51. The average molecular weight is 238 g/mol. The fourth-order valence-corrected chi connectivity index (χ4v) is 2.02. The molecule has 1 aromatic carbocycles. The molecule has 4 heteroatoms. The molecule has 0 bridgehead atoms. The highest BCUT2D eigenvalue weighted by Gasteiger charge is 2.13. The predicted octanol–water partition coefficient (Wildman–Crippen LogP) is 2.93. The van der Waals surface area contributed by atoms with Crippen LogP contribution in [0.1, 0.15) is 10.4 Å². The van der Waals surface area contributed by atoms with Gasteiger partial charge in [0.2, 0.25) is 0 Å². The number of fused-ring (bicyclic) bond motifs is 1. The first-order valence-electron chi connectivity index (χ1n) is 5.51. The zero-order valence-corrected chi connectivity index (χ0v) is 9.42. The van der Waals surface area contributed by atoms with Crippen LogP contribution in [0.25, 0.3) is 22.2 Å². The van der Waals surface area contributed by atoms with E-state index in [-0.39, 0.29) is 5.56 Å². The van der Waals surface area contributed by atoms with Gasteiger partial charge in [-0.1, -0.05) is 18.2 Å². The summed E-state index contributed by atoms with van der Waals surface area (Å²) in [4.78, 5) is 18.2. The second-order valence-electron chi connectivity index (χ2n) is 4.00. The van der Waals surface area contributed by atoms with E-state index in [2.05, 4.69) is 9.97 Å². The molecule has 2 aromatic heterocycles. The average Bonchev–Trinajstić information content (AvgIpc) is 2.82. The van der Waals surface area contributed by atoms with Crippen molar-refractivity contribution in [2.24, 2.45) is 0 Å². The lowest BCUT2D eigenvalue weighted by Gasteiger charge is -2.02. The van der Waals surface area contributed by atoms with Crippen molar-refractivity contribution in [2.75, 3.05) is 0 Å². The van der Waals surface area contributed by atoms with E-state index in [1.54, 1.807) is 12.3 Å². The summed E-state index contributed by atoms with van der Waals surface area (Å²) in [6, 6.07) is 11.5. The lowest BCUT2D eigenvalue weighted by Crippen LogP contribution is -2.00. The molecule has 0 aliphatic carbocycles. The van der Waals surface area contributed by atoms with Crippen molar-refractivity contribution in [3.05, 3.63) is 54.4 Å². The van der Waals surface area contributed by atoms with Crippen LogP contribution < -0.4 is 0 Å². The number of pyridine rings is 1. The zero-order chi connectivity index (χ0) is 12.5. The van der Waals surface area contributed by atoms with Crippen LogP contribution in [0, 0.1) is 0 Å². The van der Waals surface area contributed by atoms with Crippen LogP contribution in [0.2, 0.25) is 0 Å². The van der Waals surface area contributed by atoms with E-state index >= 15 is 0 Å². The Kier molecular flexibility index (Phi) is 2.34. The minimum atomic E-state index is -0.975. The van der Waals surface area contributed by atoms with Gasteiger partial charge in [-0.05, 0) is 18.2 Å². The molecule has 3 rings (SSSR count). The summed E-state index contributed by atoms with van der Waals surface area (Å²) in [6.07, 6.45) is 2.95. The third kappa shape index (κ3) is 1.64. The van der Waals surface area contributed by atoms with Gasteiger partial charge in [-0.2, -0.15) is 0 Å². The minimum absolute atomic E-state index is 0.198. The first-order chi connectivity index (χ1) is 8.75. The van der Waals surface area contributed by atoms with Gasteiger partial charge in [0.1, 0.15) is 0 Å². The molecule has 18 heavy (non-hydrogen) atoms. The van der Waals surface area contributed by atoms with Crippen LogP contribution in [0.5, 0.6) is 0 Å². The van der Waals surface area contributed by atoms with Gasteiger partial charge < -0.3 is 10.1 Å². The lowest BCUT2D eigenvalue weighted by molar-refractivity contribution is 0.0697. The Labute approximate surface area is 103 Å². The van der Waals surface area contributed by atoms with Crippen LogP contribution in [0.4, 0.5) is 0 Å². The molecule has 0 amide bonds. The molecule has 3 aromatic rings. The van der Waals surface area contributed by atoms with Crippen LogP contribution >= 0.6 is 0 Å². The number of aromatic nitrogens is 2. The molecule has 0 aliphatic rings.